The number of hydrogen-bond donors (Lipinski definition) is 1. The Bertz CT molecular complexity index is 395. The van der Waals surface area contributed by atoms with Crippen molar-refractivity contribution in [3.8, 4) is 0 Å². The van der Waals surface area contributed by atoms with Crippen molar-refractivity contribution in [2.75, 3.05) is 17.3 Å². The quantitative estimate of drug-likeness (QED) is 0.576. The molecule has 1 aliphatic rings. The SMILES string of the molecule is CCCCCCCSC(=S)NC1(C)CCS(=O)(=O)C1. The number of thiocarbonyl (C=S) groups is 1. The zero-order valence-electron chi connectivity index (χ0n) is 11.9. The van der Waals surface area contributed by atoms with Crippen LogP contribution >= 0.6 is 24.0 Å². The van der Waals surface area contributed by atoms with E-state index in [1.807, 2.05) is 6.92 Å². The molecule has 0 bridgehead atoms. The molecule has 0 aromatic heterocycles. The number of sulfone groups is 1. The van der Waals surface area contributed by atoms with Crippen LogP contribution in [0.3, 0.4) is 0 Å². The summed E-state index contributed by atoms with van der Waals surface area (Å²) in [6, 6.07) is 0. The fraction of sp³-hybridized carbons (Fsp3) is 0.923. The average molecular weight is 324 g/mol. The molecule has 0 aromatic rings. The van der Waals surface area contributed by atoms with Crippen LogP contribution in [-0.2, 0) is 9.84 Å². The van der Waals surface area contributed by atoms with Crippen LogP contribution in [-0.4, -0.2) is 35.5 Å². The Morgan fingerprint density at radius 3 is 2.58 bits per heavy atom. The predicted octanol–water partition coefficient (Wildman–Crippen LogP) is 3.14. The number of thioether (sulfide) groups is 1. The fourth-order valence-electron chi connectivity index (χ4n) is 2.26. The van der Waals surface area contributed by atoms with Gasteiger partial charge in [-0.3, -0.25) is 0 Å². The molecule has 0 saturated carbocycles. The Morgan fingerprint density at radius 2 is 2.00 bits per heavy atom. The maximum absolute atomic E-state index is 11.5. The Balaban J connectivity index is 2.18. The monoisotopic (exact) mass is 323 g/mol. The van der Waals surface area contributed by atoms with E-state index >= 15 is 0 Å². The highest BCUT2D eigenvalue weighted by Crippen LogP contribution is 2.24. The Hall–Kier alpha value is 0.190. The van der Waals surface area contributed by atoms with Gasteiger partial charge in [-0.1, -0.05) is 56.6 Å². The van der Waals surface area contributed by atoms with Crippen molar-refractivity contribution >= 4 is 38.1 Å². The topological polar surface area (TPSA) is 46.2 Å². The van der Waals surface area contributed by atoms with E-state index in [0.717, 1.165) is 10.1 Å². The molecule has 6 heteroatoms. The van der Waals surface area contributed by atoms with Crippen molar-refractivity contribution in [3.05, 3.63) is 0 Å². The minimum Gasteiger partial charge on any atom is -0.365 e. The first kappa shape index (κ1) is 17.2. The van der Waals surface area contributed by atoms with Gasteiger partial charge < -0.3 is 5.32 Å². The van der Waals surface area contributed by atoms with E-state index in [4.69, 9.17) is 12.2 Å². The van der Waals surface area contributed by atoms with Crippen LogP contribution in [0, 0.1) is 0 Å². The first-order valence-electron chi connectivity index (χ1n) is 7.02. The molecule has 1 atom stereocenters. The van der Waals surface area contributed by atoms with E-state index < -0.39 is 9.84 Å². The van der Waals surface area contributed by atoms with Crippen LogP contribution < -0.4 is 5.32 Å². The van der Waals surface area contributed by atoms with Gasteiger partial charge in [0.1, 0.15) is 4.32 Å². The van der Waals surface area contributed by atoms with Gasteiger partial charge in [0, 0.05) is 5.75 Å². The zero-order valence-corrected chi connectivity index (χ0v) is 14.4. The standard InChI is InChI=1S/C13H25NO2S3/c1-3-4-5-6-7-9-18-12(17)14-13(2)8-10-19(15,16)11-13/h3-11H2,1-2H3,(H,14,17). The first-order chi connectivity index (χ1) is 8.87. The second-order valence-corrected chi connectivity index (χ2v) is 9.53. The van der Waals surface area contributed by atoms with Crippen LogP contribution in [0.2, 0.25) is 0 Å². The summed E-state index contributed by atoms with van der Waals surface area (Å²) in [6.45, 7) is 4.16. The lowest BCUT2D eigenvalue weighted by Crippen LogP contribution is -2.45. The highest BCUT2D eigenvalue weighted by atomic mass is 32.2. The fourth-order valence-corrected chi connectivity index (χ4v) is 5.70. The molecule has 1 unspecified atom stereocenters. The van der Waals surface area contributed by atoms with E-state index in [-0.39, 0.29) is 17.0 Å². The number of unbranched alkanes of at least 4 members (excludes halogenated alkanes) is 4. The molecule has 0 aliphatic carbocycles. The smallest absolute Gasteiger partial charge is 0.152 e. The number of hydrogen-bond acceptors (Lipinski definition) is 4. The summed E-state index contributed by atoms with van der Waals surface area (Å²) in [6.07, 6.45) is 6.97. The molecule has 1 rings (SSSR count). The van der Waals surface area contributed by atoms with Gasteiger partial charge in [0.05, 0.1) is 17.0 Å². The highest BCUT2D eigenvalue weighted by molar-refractivity contribution is 8.22. The summed E-state index contributed by atoms with van der Waals surface area (Å²) in [5.74, 6) is 1.51. The van der Waals surface area contributed by atoms with Gasteiger partial charge in [0.25, 0.3) is 0 Å². The maximum atomic E-state index is 11.5. The summed E-state index contributed by atoms with van der Waals surface area (Å²) in [7, 11) is -2.87. The molecule has 1 aliphatic heterocycles. The van der Waals surface area contributed by atoms with Gasteiger partial charge in [-0.15, -0.1) is 0 Å². The van der Waals surface area contributed by atoms with Gasteiger partial charge in [0.15, 0.2) is 9.84 Å². The summed E-state index contributed by atoms with van der Waals surface area (Å²) >= 11 is 6.94. The molecule has 1 heterocycles. The minimum atomic E-state index is -2.87. The zero-order chi connectivity index (χ0) is 14.4. The second kappa shape index (κ2) is 7.84. The van der Waals surface area contributed by atoms with Gasteiger partial charge >= 0.3 is 0 Å². The summed E-state index contributed by atoms with van der Waals surface area (Å²) in [4.78, 5) is 0. The number of nitrogens with one attached hydrogen (secondary N) is 1. The molecule has 1 N–H and O–H groups in total. The van der Waals surface area contributed by atoms with Crippen molar-refractivity contribution in [2.24, 2.45) is 0 Å². The Morgan fingerprint density at radius 1 is 1.32 bits per heavy atom. The van der Waals surface area contributed by atoms with Crippen LogP contribution in [0.5, 0.6) is 0 Å². The molecule has 0 spiro atoms. The van der Waals surface area contributed by atoms with E-state index in [9.17, 15) is 8.42 Å². The minimum absolute atomic E-state index is 0.206. The molecular formula is C13H25NO2S3. The van der Waals surface area contributed by atoms with Crippen molar-refractivity contribution < 1.29 is 8.42 Å². The first-order valence-corrected chi connectivity index (χ1v) is 10.2. The van der Waals surface area contributed by atoms with Gasteiger partial charge in [-0.05, 0) is 19.8 Å². The maximum Gasteiger partial charge on any atom is 0.152 e. The Labute approximate surface area is 127 Å². The van der Waals surface area contributed by atoms with Crippen molar-refractivity contribution in [1.82, 2.24) is 5.32 Å². The average Bonchev–Trinajstić information content (AvgIpc) is 2.57. The molecule has 0 amide bonds. The van der Waals surface area contributed by atoms with Crippen LogP contribution in [0.25, 0.3) is 0 Å². The number of rotatable bonds is 7. The van der Waals surface area contributed by atoms with Crippen molar-refractivity contribution in [1.29, 1.82) is 0 Å². The van der Waals surface area contributed by atoms with E-state index in [1.54, 1.807) is 11.8 Å². The van der Waals surface area contributed by atoms with E-state index in [1.165, 1.54) is 32.1 Å². The van der Waals surface area contributed by atoms with E-state index in [0.29, 0.717) is 6.42 Å². The summed E-state index contributed by atoms with van der Waals surface area (Å²) in [5.41, 5.74) is -0.356. The van der Waals surface area contributed by atoms with Crippen molar-refractivity contribution in [2.45, 2.75) is 57.9 Å². The van der Waals surface area contributed by atoms with Crippen LogP contribution in [0.4, 0.5) is 0 Å². The van der Waals surface area contributed by atoms with Gasteiger partial charge in [0.2, 0.25) is 0 Å². The van der Waals surface area contributed by atoms with Crippen LogP contribution in [0.15, 0.2) is 0 Å². The third-order valence-corrected chi connectivity index (χ3v) is 6.60. The van der Waals surface area contributed by atoms with Crippen molar-refractivity contribution in [3.63, 3.8) is 0 Å². The van der Waals surface area contributed by atoms with E-state index in [2.05, 4.69) is 12.2 Å². The molecule has 0 radical (unpaired) electrons. The molecule has 0 aromatic carbocycles. The second-order valence-electron chi connectivity index (χ2n) is 5.58. The predicted molar refractivity (Wildman–Crippen MR) is 88.6 cm³/mol. The summed E-state index contributed by atoms with van der Waals surface area (Å²) < 4.78 is 23.7. The molecule has 3 nitrogen and oxygen atoms in total. The molecule has 19 heavy (non-hydrogen) atoms. The normalized spacial score (nSPS) is 25.4. The Kier molecular flexibility index (Phi) is 7.11. The lowest BCUT2D eigenvalue weighted by atomic mass is 10.0. The third kappa shape index (κ3) is 6.95. The molecule has 1 saturated heterocycles. The molecular weight excluding hydrogens is 298 g/mol. The van der Waals surface area contributed by atoms with Crippen LogP contribution in [0.1, 0.15) is 52.4 Å². The lowest BCUT2D eigenvalue weighted by molar-refractivity contribution is 0.477. The lowest BCUT2D eigenvalue weighted by Gasteiger charge is -2.25. The molecule has 1 fully saturated rings. The largest absolute Gasteiger partial charge is 0.365 e. The third-order valence-electron chi connectivity index (χ3n) is 3.39. The van der Waals surface area contributed by atoms with Gasteiger partial charge in [-0.25, -0.2) is 8.42 Å². The highest BCUT2D eigenvalue weighted by Gasteiger charge is 2.38. The van der Waals surface area contributed by atoms with Gasteiger partial charge in [-0.2, -0.15) is 0 Å². The summed E-state index contributed by atoms with van der Waals surface area (Å²) in [5, 5.41) is 3.23. The molecule has 112 valence electrons.